The van der Waals surface area contributed by atoms with Crippen molar-refractivity contribution in [1.29, 1.82) is 5.26 Å². The minimum absolute atomic E-state index is 0.0304. The van der Waals surface area contributed by atoms with Crippen molar-refractivity contribution in [1.82, 2.24) is 0 Å². The summed E-state index contributed by atoms with van der Waals surface area (Å²) in [6, 6.07) is 8.95. The highest BCUT2D eigenvalue weighted by atomic mass is 79.9. The Bertz CT molecular complexity index is 426. The van der Waals surface area contributed by atoms with Crippen LogP contribution in [0.15, 0.2) is 24.3 Å². The van der Waals surface area contributed by atoms with Crippen molar-refractivity contribution in [2.24, 2.45) is 0 Å². The van der Waals surface area contributed by atoms with Crippen molar-refractivity contribution >= 4 is 27.5 Å². The Labute approximate surface area is 104 Å². The molecular weight excluding hydrogens is 268 g/mol. The number of rotatable bonds is 2. The van der Waals surface area contributed by atoms with Gasteiger partial charge in [-0.25, -0.2) is 0 Å². The van der Waals surface area contributed by atoms with E-state index < -0.39 is 4.32 Å². The molecule has 0 spiro atoms. The van der Waals surface area contributed by atoms with Gasteiger partial charge in [-0.3, -0.25) is 4.79 Å². The summed E-state index contributed by atoms with van der Waals surface area (Å²) in [6.07, 6.45) is 0. The normalized spacial score (nSPS) is 10.7. The number of anilines is 1. The smallest absolute Gasteiger partial charge is 0.243 e. The fourth-order valence-electron chi connectivity index (χ4n) is 1.28. The highest BCUT2D eigenvalue weighted by Crippen LogP contribution is 2.23. The number of halogens is 1. The molecule has 1 aromatic carbocycles. The number of nitriles is 1. The van der Waals surface area contributed by atoms with Gasteiger partial charge in [-0.05, 0) is 38.1 Å². The second-order valence-electron chi connectivity index (χ2n) is 4.00. The first-order valence-electron chi connectivity index (χ1n) is 4.83. The highest BCUT2D eigenvalue weighted by Gasteiger charge is 2.27. The Hall–Kier alpha value is -1.34. The predicted octanol–water partition coefficient (Wildman–Crippen LogP) is 2.69. The average molecular weight is 281 g/mol. The summed E-state index contributed by atoms with van der Waals surface area (Å²) in [5, 5.41) is 8.67. The largest absolute Gasteiger partial charge is 0.314 e. The summed E-state index contributed by atoms with van der Waals surface area (Å²) >= 11 is 3.33. The van der Waals surface area contributed by atoms with Gasteiger partial charge in [0, 0.05) is 12.7 Å². The zero-order valence-electron chi connectivity index (χ0n) is 9.49. The van der Waals surface area contributed by atoms with Crippen LogP contribution in [-0.4, -0.2) is 17.3 Å². The third-order valence-electron chi connectivity index (χ3n) is 2.20. The maximum Gasteiger partial charge on any atom is 0.243 e. The summed E-state index contributed by atoms with van der Waals surface area (Å²) in [5.41, 5.74) is 1.36. The topological polar surface area (TPSA) is 44.1 Å². The maximum atomic E-state index is 11.9. The van der Waals surface area contributed by atoms with Crippen molar-refractivity contribution in [3.8, 4) is 6.07 Å². The van der Waals surface area contributed by atoms with E-state index in [9.17, 15) is 4.79 Å². The van der Waals surface area contributed by atoms with Crippen molar-refractivity contribution in [2.45, 2.75) is 18.2 Å². The van der Waals surface area contributed by atoms with Crippen LogP contribution in [0.3, 0.4) is 0 Å². The molecule has 3 nitrogen and oxygen atoms in total. The summed E-state index contributed by atoms with van der Waals surface area (Å²) in [6.45, 7) is 3.60. The lowest BCUT2D eigenvalue weighted by Gasteiger charge is -2.24. The van der Waals surface area contributed by atoms with Gasteiger partial charge in [0.05, 0.1) is 16.0 Å². The molecule has 0 radical (unpaired) electrons. The standard InChI is InChI=1S/C12H13BrN2O/c1-12(2,13)11(16)15(3)10-6-4-9(8-14)5-7-10/h4-7H,1-3H3. The number of amides is 1. The second kappa shape index (κ2) is 4.67. The highest BCUT2D eigenvalue weighted by molar-refractivity contribution is 9.10. The van der Waals surface area contributed by atoms with Gasteiger partial charge in [0.1, 0.15) is 0 Å². The molecule has 0 N–H and O–H groups in total. The van der Waals surface area contributed by atoms with Crippen LogP contribution < -0.4 is 4.90 Å². The molecule has 0 atom stereocenters. The number of alkyl halides is 1. The molecule has 0 unspecified atom stereocenters. The molecule has 0 aliphatic carbocycles. The van der Waals surface area contributed by atoms with Gasteiger partial charge in [0.15, 0.2) is 0 Å². The molecule has 0 saturated heterocycles. The van der Waals surface area contributed by atoms with Gasteiger partial charge in [-0.2, -0.15) is 5.26 Å². The number of carbonyl (C=O) groups excluding carboxylic acids is 1. The minimum atomic E-state index is -0.588. The first kappa shape index (κ1) is 12.7. The lowest BCUT2D eigenvalue weighted by molar-refractivity contribution is -0.119. The van der Waals surface area contributed by atoms with Crippen LogP contribution in [0.5, 0.6) is 0 Å². The van der Waals surface area contributed by atoms with Gasteiger partial charge < -0.3 is 4.90 Å². The molecule has 4 heteroatoms. The van der Waals surface area contributed by atoms with Crippen molar-refractivity contribution in [3.05, 3.63) is 29.8 Å². The van der Waals surface area contributed by atoms with E-state index in [1.807, 2.05) is 6.07 Å². The summed E-state index contributed by atoms with van der Waals surface area (Å²) < 4.78 is -0.588. The van der Waals surface area contributed by atoms with E-state index in [4.69, 9.17) is 5.26 Å². The SMILES string of the molecule is CN(C(=O)C(C)(C)Br)c1ccc(C#N)cc1. The lowest BCUT2D eigenvalue weighted by Crippen LogP contribution is -2.39. The quantitative estimate of drug-likeness (QED) is 0.782. The van der Waals surface area contributed by atoms with E-state index in [0.29, 0.717) is 5.56 Å². The van der Waals surface area contributed by atoms with Crippen LogP contribution in [0, 0.1) is 11.3 Å². The molecule has 0 aliphatic heterocycles. The molecule has 84 valence electrons. The average Bonchev–Trinajstić information content (AvgIpc) is 2.26. The van der Waals surface area contributed by atoms with Gasteiger partial charge >= 0.3 is 0 Å². The third kappa shape index (κ3) is 2.83. The van der Waals surface area contributed by atoms with Gasteiger partial charge in [-0.1, -0.05) is 15.9 Å². The Morgan fingerprint density at radius 1 is 1.38 bits per heavy atom. The van der Waals surface area contributed by atoms with Crippen LogP contribution in [0.4, 0.5) is 5.69 Å². The number of nitrogens with zero attached hydrogens (tertiary/aromatic N) is 2. The Morgan fingerprint density at radius 3 is 2.25 bits per heavy atom. The number of benzene rings is 1. The Morgan fingerprint density at radius 2 is 1.88 bits per heavy atom. The van der Waals surface area contributed by atoms with Crippen LogP contribution in [0.1, 0.15) is 19.4 Å². The maximum absolute atomic E-state index is 11.9. The van der Waals surface area contributed by atoms with E-state index in [-0.39, 0.29) is 5.91 Å². The summed E-state index contributed by atoms with van der Waals surface area (Å²) in [5.74, 6) is -0.0304. The number of hydrogen-bond donors (Lipinski definition) is 0. The van der Waals surface area contributed by atoms with E-state index in [1.165, 1.54) is 0 Å². The van der Waals surface area contributed by atoms with Crippen LogP contribution >= 0.6 is 15.9 Å². The minimum Gasteiger partial charge on any atom is -0.314 e. The molecule has 1 amide bonds. The van der Waals surface area contributed by atoms with E-state index >= 15 is 0 Å². The number of carbonyl (C=O) groups is 1. The van der Waals surface area contributed by atoms with Gasteiger partial charge in [0.25, 0.3) is 0 Å². The number of hydrogen-bond acceptors (Lipinski definition) is 2. The van der Waals surface area contributed by atoms with E-state index in [1.54, 1.807) is 50.1 Å². The molecule has 0 aromatic heterocycles. The predicted molar refractivity (Wildman–Crippen MR) is 67.6 cm³/mol. The van der Waals surface area contributed by atoms with Gasteiger partial charge in [-0.15, -0.1) is 0 Å². The van der Waals surface area contributed by atoms with Crippen LogP contribution in [0.2, 0.25) is 0 Å². The molecule has 0 heterocycles. The fraction of sp³-hybridized carbons (Fsp3) is 0.333. The molecule has 0 saturated carbocycles. The summed E-state index contributed by atoms with van der Waals surface area (Å²) in [4.78, 5) is 13.5. The molecule has 0 aliphatic rings. The van der Waals surface area contributed by atoms with Crippen molar-refractivity contribution in [2.75, 3.05) is 11.9 Å². The summed E-state index contributed by atoms with van der Waals surface area (Å²) in [7, 11) is 1.72. The van der Waals surface area contributed by atoms with E-state index in [0.717, 1.165) is 5.69 Å². The molecular formula is C12H13BrN2O. The second-order valence-corrected chi connectivity index (χ2v) is 5.98. The monoisotopic (exact) mass is 280 g/mol. The molecule has 0 fully saturated rings. The zero-order chi connectivity index (χ0) is 12.3. The van der Waals surface area contributed by atoms with E-state index in [2.05, 4.69) is 15.9 Å². The van der Waals surface area contributed by atoms with Gasteiger partial charge in [0.2, 0.25) is 5.91 Å². The molecule has 0 bridgehead atoms. The van der Waals surface area contributed by atoms with Crippen molar-refractivity contribution < 1.29 is 4.79 Å². The first-order valence-corrected chi connectivity index (χ1v) is 5.63. The third-order valence-corrected chi connectivity index (χ3v) is 2.54. The van der Waals surface area contributed by atoms with Crippen molar-refractivity contribution in [3.63, 3.8) is 0 Å². The van der Waals surface area contributed by atoms with Crippen LogP contribution in [-0.2, 0) is 4.79 Å². The zero-order valence-corrected chi connectivity index (χ0v) is 11.1. The Balaban J connectivity index is 2.94. The molecule has 1 rings (SSSR count). The molecule has 16 heavy (non-hydrogen) atoms. The first-order chi connectivity index (χ1) is 7.36. The molecule has 1 aromatic rings. The lowest BCUT2D eigenvalue weighted by atomic mass is 10.1. The fourth-order valence-corrected chi connectivity index (χ4v) is 1.54. The Kier molecular flexibility index (Phi) is 3.71. The van der Waals surface area contributed by atoms with Crippen LogP contribution in [0.25, 0.3) is 0 Å².